The normalized spacial score (nSPS) is 13.2. The van der Waals surface area contributed by atoms with E-state index in [-0.39, 0.29) is 12.2 Å². The zero-order chi connectivity index (χ0) is 22.4. The first-order valence-electron chi connectivity index (χ1n) is 10.2. The first-order chi connectivity index (χ1) is 15.0. The van der Waals surface area contributed by atoms with E-state index in [1.165, 1.54) is 17.4 Å². The average Bonchev–Trinajstić information content (AvgIpc) is 3.11. The zero-order valence-electron chi connectivity index (χ0n) is 17.4. The molecule has 31 heavy (non-hydrogen) atoms. The number of hydrogen-bond acceptors (Lipinski definition) is 6. The average molecular weight is 459 g/mol. The number of aryl methyl sites for hydroxylation is 1. The van der Waals surface area contributed by atoms with E-state index in [1.54, 1.807) is 25.1 Å². The molecule has 3 rings (SSSR count). The molecule has 2 aromatic rings. The van der Waals surface area contributed by atoms with Gasteiger partial charge in [-0.3, -0.25) is 4.79 Å². The Balaban J connectivity index is 1.88. The van der Waals surface area contributed by atoms with Crippen LogP contribution in [0.4, 0.5) is 5.00 Å². The van der Waals surface area contributed by atoms with Crippen LogP contribution in [0.1, 0.15) is 53.1 Å². The highest BCUT2D eigenvalue weighted by Crippen LogP contribution is 2.39. The summed E-state index contributed by atoms with van der Waals surface area (Å²) in [5.74, 6) is -0.498. The lowest BCUT2D eigenvalue weighted by Crippen LogP contribution is -2.16. The fourth-order valence-electron chi connectivity index (χ4n) is 3.44. The molecule has 0 unspecified atom stereocenters. The molecule has 1 heterocycles. The molecule has 0 spiro atoms. The van der Waals surface area contributed by atoms with Crippen molar-refractivity contribution >= 4 is 45.9 Å². The van der Waals surface area contributed by atoms with Gasteiger partial charge in [0.2, 0.25) is 0 Å². The first kappa shape index (κ1) is 22.9. The van der Waals surface area contributed by atoms with Crippen molar-refractivity contribution in [1.82, 2.24) is 0 Å². The molecule has 1 aromatic heterocycles. The molecule has 0 saturated heterocycles. The number of rotatable bonds is 7. The molecule has 0 atom stereocenters. The number of ether oxygens (including phenoxy) is 2. The van der Waals surface area contributed by atoms with Crippen molar-refractivity contribution < 1.29 is 19.1 Å². The van der Waals surface area contributed by atoms with Crippen molar-refractivity contribution in [2.45, 2.75) is 39.5 Å². The number of carbonyl (C=O) groups is 2. The third-order valence-electron chi connectivity index (χ3n) is 4.81. The van der Waals surface area contributed by atoms with Crippen LogP contribution in [0.25, 0.3) is 6.08 Å². The van der Waals surface area contributed by atoms with E-state index in [4.69, 9.17) is 21.1 Å². The SMILES string of the molecule is CCOC(=O)c1c(NC(=O)/C(C#N)=C/c2ccc(OCC)c(Cl)c2)sc2c1CCCC2. The van der Waals surface area contributed by atoms with Crippen molar-refractivity contribution in [2.75, 3.05) is 18.5 Å². The van der Waals surface area contributed by atoms with E-state index in [2.05, 4.69) is 5.32 Å². The number of fused-ring (bicyclic) bond motifs is 1. The van der Waals surface area contributed by atoms with Crippen molar-refractivity contribution in [2.24, 2.45) is 0 Å². The van der Waals surface area contributed by atoms with Gasteiger partial charge in [-0.15, -0.1) is 11.3 Å². The van der Waals surface area contributed by atoms with Gasteiger partial charge in [-0.2, -0.15) is 5.26 Å². The van der Waals surface area contributed by atoms with Gasteiger partial charge in [-0.1, -0.05) is 17.7 Å². The van der Waals surface area contributed by atoms with Crippen molar-refractivity contribution in [3.05, 3.63) is 50.4 Å². The molecule has 0 radical (unpaired) electrons. The number of hydrogen-bond donors (Lipinski definition) is 1. The molecule has 1 aliphatic rings. The lowest BCUT2D eigenvalue weighted by molar-refractivity contribution is -0.112. The van der Waals surface area contributed by atoms with Crippen LogP contribution in [-0.4, -0.2) is 25.1 Å². The summed E-state index contributed by atoms with van der Waals surface area (Å²) in [5, 5.41) is 13.1. The number of nitrogens with zero attached hydrogens (tertiary/aromatic N) is 1. The van der Waals surface area contributed by atoms with Crippen molar-refractivity contribution in [3.8, 4) is 11.8 Å². The molecule has 1 aliphatic carbocycles. The molecule has 8 heteroatoms. The van der Waals surface area contributed by atoms with E-state index < -0.39 is 11.9 Å². The topological polar surface area (TPSA) is 88.4 Å². The van der Waals surface area contributed by atoms with Crippen molar-refractivity contribution in [1.29, 1.82) is 5.26 Å². The standard InChI is InChI=1S/C23H23ClN2O4S/c1-3-29-18-10-9-14(12-17(18)24)11-15(13-25)21(27)26-22-20(23(28)30-4-2)16-7-5-6-8-19(16)31-22/h9-12H,3-8H2,1-2H3,(H,26,27)/b15-11+. The Bertz CT molecular complexity index is 1070. The first-order valence-corrected chi connectivity index (χ1v) is 11.3. The maximum Gasteiger partial charge on any atom is 0.341 e. The van der Waals surface area contributed by atoms with Crippen LogP contribution in [0.5, 0.6) is 5.75 Å². The highest BCUT2D eigenvalue weighted by molar-refractivity contribution is 7.17. The van der Waals surface area contributed by atoms with Gasteiger partial charge in [-0.25, -0.2) is 4.79 Å². The summed E-state index contributed by atoms with van der Waals surface area (Å²) in [7, 11) is 0. The maximum absolute atomic E-state index is 12.8. The number of thiophene rings is 1. The highest BCUT2D eigenvalue weighted by Gasteiger charge is 2.27. The molecule has 6 nitrogen and oxygen atoms in total. The van der Waals surface area contributed by atoms with E-state index >= 15 is 0 Å². The zero-order valence-corrected chi connectivity index (χ0v) is 19.0. The van der Waals surface area contributed by atoms with Crippen LogP contribution >= 0.6 is 22.9 Å². The number of esters is 1. The van der Waals surface area contributed by atoms with Crippen LogP contribution in [0, 0.1) is 11.3 Å². The third-order valence-corrected chi connectivity index (χ3v) is 6.31. The van der Waals surface area contributed by atoms with Gasteiger partial charge in [0.25, 0.3) is 5.91 Å². The summed E-state index contributed by atoms with van der Waals surface area (Å²) in [6.45, 7) is 4.33. The van der Waals surface area contributed by atoms with Gasteiger partial charge < -0.3 is 14.8 Å². The molecule has 1 amide bonds. The van der Waals surface area contributed by atoms with Gasteiger partial charge in [0, 0.05) is 4.88 Å². The third kappa shape index (κ3) is 5.27. The lowest BCUT2D eigenvalue weighted by Gasteiger charge is -2.12. The number of benzene rings is 1. The molecule has 0 bridgehead atoms. The van der Waals surface area contributed by atoms with Crippen LogP contribution < -0.4 is 10.1 Å². The Morgan fingerprint density at radius 3 is 2.71 bits per heavy atom. The Morgan fingerprint density at radius 1 is 1.26 bits per heavy atom. The molecular formula is C23H23ClN2O4S. The number of nitrogens with one attached hydrogen (secondary N) is 1. The molecule has 1 aromatic carbocycles. The van der Waals surface area contributed by atoms with Crippen LogP contribution in [-0.2, 0) is 22.4 Å². The summed E-state index contributed by atoms with van der Waals surface area (Å²) >= 11 is 7.58. The second-order valence-corrected chi connectivity index (χ2v) is 8.39. The number of nitriles is 1. The minimum atomic E-state index is -0.586. The van der Waals surface area contributed by atoms with E-state index in [9.17, 15) is 14.9 Å². The van der Waals surface area contributed by atoms with Gasteiger partial charge in [0.05, 0.1) is 23.8 Å². The fourth-order valence-corrected chi connectivity index (χ4v) is 4.95. The quantitative estimate of drug-likeness (QED) is 0.341. The van der Waals surface area contributed by atoms with Gasteiger partial charge in [0.15, 0.2) is 0 Å². The summed E-state index contributed by atoms with van der Waals surface area (Å²) in [6, 6.07) is 6.97. The summed E-state index contributed by atoms with van der Waals surface area (Å²) in [6.07, 6.45) is 5.14. The molecule has 0 aliphatic heterocycles. The monoisotopic (exact) mass is 458 g/mol. The fraction of sp³-hybridized carbons (Fsp3) is 0.348. The lowest BCUT2D eigenvalue weighted by atomic mass is 9.95. The Morgan fingerprint density at radius 2 is 2.03 bits per heavy atom. The van der Waals surface area contributed by atoms with Gasteiger partial charge in [0.1, 0.15) is 22.4 Å². The molecule has 0 saturated carbocycles. The van der Waals surface area contributed by atoms with E-state index in [0.29, 0.717) is 33.5 Å². The summed E-state index contributed by atoms with van der Waals surface area (Å²) < 4.78 is 10.6. The number of halogens is 1. The number of anilines is 1. The van der Waals surface area contributed by atoms with Crippen LogP contribution in [0.2, 0.25) is 5.02 Å². The molecule has 162 valence electrons. The Labute approximate surface area is 190 Å². The smallest absolute Gasteiger partial charge is 0.341 e. The van der Waals surface area contributed by atoms with Crippen LogP contribution in [0.15, 0.2) is 23.8 Å². The molecule has 1 N–H and O–H groups in total. The van der Waals surface area contributed by atoms with Crippen molar-refractivity contribution in [3.63, 3.8) is 0 Å². The largest absolute Gasteiger partial charge is 0.492 e. The predicted molar refractivity (Wildman–Crippen MR) is 122 cm³/mol. The molecule has 0 fully saturated rings. The number of carbonyl (C=O) groups excluding carboxylic acids is 2. The minimum absolute atomic E-state index is 0.0959. The Kier molecular flexibility index (Phi) is 7.72. The maximum atomic E-state index is 12.8. The summed E-state index contributed by atoms with van der Waals surface area (Å²) in [5.41, 5.74) is 1.86. The number of amides is 1. The highest BCUT2D eigenvalue weighted by atomic mass is 35.5. The Hall–Kier alpha value is -2.82. The van der Waals surface area contributed by atoms with E-state index in [1.807, 2.05) is 13.0 Å². The summed E-state index contributed by atoms with van der Waals surface area (Å²) in [4.78, 5) is 26.5. The predicted octanol–water partition coefficient (Wildman–Crippen LogP) is 5.40. The van der Waals surface area contributed by atoms with Gasteiger partial charge in [-0.05, 0) is 68.9 Å². The second-order valence-electron chi connectivity index (χ2n) is 6.88. The van der Waals surface area contributed by atoms with E-state index in [0.717, 1.165) is 36.1 Å². The van der Waals surface area contributed by atoms with Gasteiger partial charge >= 0.3 is 5.97 Å². The second kappa shape index (κ2) is 10.5. The van der Waals surface area contributed by atoms with Crippen LogP contribution in [0.3, 0.4) is 0 Å². The molecular weight excluding hydrogens is 436 g/mol. The minimum Gasteiger partial charge on any atom is -0.492 e.